The van der Waals surface area contributed by atoms with Gasteiger partial charge in [-0.2, -0.15) is 0 Å². The van der Waals surface area contributed by atoms with E-state index in [0.717, 1.165) is 0 Å². The molecular formula is C22HCl45O3S. The largest absolute Gasteiger partial charge is 0.270 e. The first-order valence-corrected chi connectivity index (χ1v) is 32.6. The predicted molar refractivity (Wildman–Crippen MR) is 335 cm³/mol. The first kappa shape index (κ1) is 84.0. The molecule has 0 aliphatic rings. The van der Waals surface area contributed by atoms with Gasteiger partial charge in [-0.1, -0.05) is 522 Å². The van der Waals surface area contributed by atoms with Crippen LogP contribution in [0.25, 0.3) is 0 Å². The minimum absolute atomic E-state index is 2.93. The van der Waals surface area contributed by atoms with E-state index < -0.39 is 106 Å². The molecule has 0 bridgehead atoms. The van der Waals surface area contributed by atoms with E-state index in [1.807, 2.05) is 0 Å². The van der Waals surface area contributed by atoms with Gasteiger partial charge < -0.3 is 0 Å². The molecule has 0 atom stereocenters. The molecule has 0 saturated carbocycles. The van der Waals surface area contributed by atoms with E-state index in [4.69, 9.17) is 522 Å². The van der Waals surface area contributed by atoms with Crippen LogP contribution in [0.5, 0.6) is 0 Å². The average Bonchev–Trinajstić information content (AvgIpc) is 3.11. The number of hydrogen-bond acceptors (Lipinski definition) is 3. The molecule has 0 aliphatic heterocycles. The zero-order valence-electron chi connectivity index (χ0n) is 29.7. The molecule has 0 aromatic carbocycles. The fourth-order valence-electron chi connectivity index (χ4n) is 4.06. The highest BCUT2D eigenvalue weighted by Gasteiger charge is 2.90. The third kappa shape index (κ3) is 12.7. The number of hydrogen-bond donors (Lipinski definition) is 1. The van der Waals surface area contributed by atoms with Crippen molar-refractivity contribution in [1.29, 1.82) is 0 Å². The van der Waals surface area contributed by atoms with Crippen molar-refractivity contribution < 1.29 is 12.6 Å². The summed E-state index contributed by atoms with van der Waals surface area (Å²) in [7, 11) is -4.05. The fraction of sp³-hybridized carbons (Fsp3) is 1.00. The highest BCUT2D eigenvalue weighted by Crippen LogP contribution is 2.80. The monoisotopic (exact) mass is 1920 g/mol. The summed E-state index contributed by atoms with van der Waals surface area (Å²) in [4.78, 5) is 0. The highest BCUT2D eigenvalue weighted by atomic mass is 35.6. The summed E-state index contributed by atoms with van der Waals surface area (Å²) in [5, 5.41) is 0. The molecule has 71 heavy (non-hydrogen) atoms. The molecule has 0 saturated heterocycles. The fourth-order valence-corrected chi connectivity index (χ4v) is 20.3. The van der Waals surface area contributed by atoms with Crippen molar-refractivity contribution in [2.45, 2.75) is 95.0 Å². The maximum atomic E-state index is 11.3. The molecule has 3 nitrogen and oxygen atoms in total. The molecule has 0 aliphatic carbocycles. The van der Waals surface area contributed by atoms with Gasteiger partial charge in [0.05, 0.1) is 0 Å². The van der Waals surface area contributed by atoms with Gasteiger partial charge in [0.1, 0.15) is 0 Å². The van der Waals surface area contributed by atoms with Crippen LogP contribution in [0.3, 0.4) is 0 Å². The lowest BCUT2D eigenvalue weighted by atomic mass is 9.95. The Morgan fingerprint density at radius 3 is 0.366 bits per heavy atom. The molecule has 0 fully saturated rings. The quantitative estimate of drug-likeness (QED) is 0.0868. The first-order chi connectivity index (χ1) is 29.7. The molecule has 428 valence electrons. The Bertz CT molecular complexity index is 2020. The molecule has 0 amide bonds. The lowest BCUT2D eigenvalue weighted by Crippen LogP contribution is -2.77. The Morgan fingerprint density at radius 1 is 0.169 bits per heavy atom. The van der Waals surface area contributed by atoms with Crippen LogP contribution in [0.4, 0.5) is 0 Å². The zero-order chi connectivity index (χ0) is 59.3. The first-order valence-electron chi connectivity index (χ1n) is 14.5. The van der Waals surface area contributed by atoms with Crippen molar-refractivity contribution in [1.82, 2.24) is 0 Å². The van der Waals surface area contributed by atoms with Gasteiger partial charge in [0.25, 0.3) is 15.5 Å². The van der Waals surface area contributed by atoms with Gasteiger partial charge in [-0.05, 0) is 0 Å². The minimum atomic E-state index is -4.05. The zero-order valence-corrected chi connectivity index (χ0v) is 64.6. The lowest BCUT2D eigenvalue weighted by molar-refractivity contribution is 0.223. The minimum Gasteiger partial charge on any atom is -0.229 e. The third-order valence-corrected chi connectivity index (χ3v) is 41.6. The molecule has 0 spiro atoms. The topological polar surface area (TPSA) is 43.4 Å². The normalized spacial score (nSPS) is 17.4. The summed E-state index contributed by atoms with van der Waals surface area (Å²) >= 11 is 289. The van der Waals surface area contributed by atoms with Crippen LogP contribution in [0, 0.1) is 0 Å². The standard InChI is InChI=1S/C22HCl45O3S/c23-1(24,3(27,28)5(31,32)7(35,36)9(39,40)11(43,44)13(47,48)15(51,52)17(55,56)19(59,60)21(63,64)65)2(25,26)4(29,30)6(33,34)8(37,38)10(41,42)12(45,46)14(49,50)16(53,54)18(57,58)20(61,62)22(66,67)70-71(68)69/h71H. The maximum absolute atomic E-state index is 11.3. The summed E-state index contributed by atoms with van der Waals surface area (Å²) < 4.78 is -54.1. The van der Waals surface area contributed by atoms with E-state index >= 15 is 0 Å². The second-order valence-corrected chi connectivity index (χ2v) is 43.5. The van der Waals surface area contributed by atoms with Crippen molar-refractivity contribution >= 4 is 533 Å². The lowest BCUT2D eigenvalue weighted by Gasteiger charge is -2.59. The number of halogens is 45. The van der Waals surface area contributed by atoms with Gasteiger partial charge in [-0.15, -0.1) is 0 Å². The van der Waals surface area contributed by atoms with Gasteiger partial charge in [0.15, 0.2) is 78.0 Å². The number of alkyl halides is 45. The van der Waals surface area contributed by atoms with Crippen molar-refractivity contribution in [3.05, 3.63) is 0 Å². The summed E-state index contributed by atoms with van der Waals surface area (Å²) in [5.74, 6) is 0. The number of thiol groups is 1. The molecule has 0 radical (unpaired) electrons. The van der Waals surface area contributed by atoms with Crippen molar-refractivity contribution in [2.24, 2.45) is 0 Å². The summed E-state index contributed by atoms with van der Waals surface area (Å²) in [6.07, 6.45) is 0. The Kier molecular flexibility index (Phi) is 29.7. The van der Waals surface area contributed by atoms with Crippen molar-refractivity contribution in [3.63, 3.8) is 0 Å². The molecule has 0 unspecified atom stereocenters. The van der Waals surface area contributed by atoms with E-state index in [9.17, 15) is 8.42 Å². The van der Waals surface area contributed by atoms with E-state index in [1.165, 1.54) is 0 Å². The van der Waals surface area contributed by atoms with Gasteiger partial charge in [-0.3, -0.25) is 0 Å². The molecule has 0 rings (SSSR count). The van der Waals surface area contributed by atoms with Gasteiger partial charge in [-0.25, -0.2) is 12.6 Å². The van der Waals surface area contributed by atoms with Crippen LogP contribution in [-0.2, 0) is 15.2 Å². The average molecular weight is 1940 g/mol. The van der Waals surface area contributed by atoms with Gasteiger partial charge >= 0.3 is 0 Å². The van der Waals surface area contributed by atoms with E-state index in [0.29, 0.717) is 0 Å². The highest BCUT2D eigenvalue weighted by molar-refractivity contribution is 7.67. The second-order valence-electron chi connectivity index (χ2n) is 12.8. The third-order valence-electron chi connectivity index (χ3n) is 8.40. The van der Waals surface area contributed by atoms with Gasteiger partial charge in [0, 0.05) is 0 Å². The smallest absolute Gasteiger partial charge is 0.229 e. The van der Waals surface area contributed by atoms with Crippen LogP contribution in [-0.4, -0.2) is 103 Å². The van der Waals surface area contributed by atoms with Crippen molar-refractivity contribution in [2.75, 3.05) is 0 Å². The molecule has 0 N–H and O–H groups in total. The molecule has 0 aromatic heterocycles. The Morgan fingerprint density at radius 2 is 0.268 bits per heavy atom. The Labute approximate surface area is 629 Å². The van der Waals surface area contributed by atoms with Crippen LogP contribution in [0.1, 0.15) is 0 Å². The van der Waals surface area contributed by atoms with Crippen LogP contribution in [0.2, 0.25) is 0 Å². The van der Waals surface area contributed by atoms with E-state index in [2.05, 4.69) is 4.18 Å². The predicted octanol–water partition coefficient (Wildman–Crippen LogP) is 25.5. The Hall–Kier alpha value is 13.0. The van der Waals surface area contributed by atoms with Crippen LogP contribution >= 0.6 is 522 Å². The van der Waals surface area contributed by atoms with Crippen LogP contribution in [0.15, 0.2) is 0 Å². The summed E-state index contributed by atoms with van der Waals surface area (Å²) in [5.41, 5.74) is 0. The SMILES string of the molecule is O=[SH](=O)OC(Cl)(Cl)C(Cl)(Cl)C(Cl)(Cl)C(Cl)(Cl)C(Cl)(Cl)C(Cl)(Cl)C(Cl)(Cl)C(Cl)(Cl)C(Cl)(Cl)C(Cl)(Cl)C(Cl)(Cl)C(Cl)(Cl)C(Cl)(Cl)C(Cl)(Cl)C(Cl)(Cl)C(Cl)(Cl)C(Cl)(Cl)C(Cl)(Cl)C(Cl)(Cl)C(Cl)(Cl)C(Cl)(Cl)C(Cl)(Cl)Cl. The maximum Gasteiger partial charge on any atom is 0.270 e. The van der Waals surface area contributed by atoms with Crippen LogP contribution < -0.4 is 0 Å². The molecule has 0 aromatic rings. The van der Waals surface area contributed by atoms with E-state index in [1.54, 1.807) is 0 Å². The van der Waals surface area contributed by atoms with Gasteiger partial charge in [0.2, 0.25) is 12.5 Å². The van der Waals surface area contributed by atoms with Crippen molar-refractivity contribution in [3.8, 4) is 0 Å². The molecular weight excluding hydrogens is 1940 g/mol. The van der Waals surface area contributed by atoms with E-state index in [-0.39, 0.29) is 0 Å². The molecule has 0 heterocycles. The number of rotatable bonds is 22. The summed E-state index contributed by atoms with van der Waals surface area (Å²) in [6, 6.07) is 0. The molecule has 49 heteroatoms. The second kappa shape index (κ2) is 25.1. The Balaban J connectivity index is 8.11. The summed E-state index contributed by atoms with van der Waals surface area (Å²) in [6.45, 7) is 0.